The van der Waals surface area contributed by atoms with Gasteiger partial charge in [0.25, 0.3) is 0 Å². The molecular weight excluding hydrogens is 310 g/mol. The van der Waals surface area contributed by atoms with Gasteiger partial charge in [-0.25, -0.2) is 0 Å². The monoisotopic (exact) mass is 335 g/mol. The summed E-state index contributed by atoms with van der Waals surface area (Å²) in [5.41, 5.74) is 1.20. The Hall–Kier alpha value is -1.69. The van der Waals surface area contributed by atoms with Crippen molar-refractivity contribution in [3.05, 3.63) is 30.3 Å². The maximum absolute atomic E-state index is 12.2. The van der Waals surface area contributed by atoms with Gasteiger partial charge in [-0.15, -0.1) is 0 Å². The van der Waals surface area contributed by atoms with Crippen molar-refractivity contribution < 1.29 is 9.59 Å². The van der Waals surface area contributed by atoms with Crippen LogP contribution in [-0.4, -0.2) is 60.9 Å². The van der Waals surface area contributed by atoms with Crippen LogP contribution in [0.5, 0.6) is 0 Å². The van der Waals surface area contributed by atoms with Crippen LogP contribution < -0.4 is 10.2 Å². The van der Waals surface area contributed by atoms with Gasteiger partial charge < -0.3 is 15.1 Å². The fourth-order valence-electron chi connectivity index (χ4n) is 2.50. The van der Waals surface area contributed by atoms with E-state index in [0.29, 0.717) is 18.8 Å². The SMILES string of the molecule is CCCSCC(=O)NCC(=O)N1CCN(c2ccccc2)CC1. The predicted molar refractivity (Wildman–Crippen MR) is 95.9 cm³/mol. The van der Waals surface area contributed by atoms with Gasteiger partial charge >= 0.3 is 0 Å². The van der Waals surface area contributed by atoms with E-state index in [1.54, 1.807) is 11.8 Å². The molecule has 0 atom stereocenters. The molecule has 0 bridgehead atoms. The fraction of sp³-hybridized carbons (Fsp3) is 0.529. The number of hydrogen-bond acceptors (Lipinski definition) is 4. The molecule has 23 heavy (non-hydrogen) atoms. The molecular formula is C17H25N3O2S. The van der Waals surface area contributed by atoms with Gasteiger partial charge in [-0.1, -0.05) is 25.1 Å². The van der Waals surface area contributed by atoms with Gasteiger partial charge in [-0.05, 0) is 24.3 Å². The molecule has 0 saturated carbocycles. The minimum Gasteiger partial charge on any atom is -0.368 e. The van der Waals surface area contributed by atoms with Gasteiger partial charge in [-0.3, -0.25) is 9.59 Å². The lowest BCUT2D eigenvalue weighted by Gasteiger charge is -2.36. The zero-order valence-corrected chi connectivity index (χ0v) is 14.5. The summed E-state index contributed by atoms with van der Waals surface area (Å²) in [5, 5.41) is 2.72. The number of anilines is 1. The van der Waals surface area contributed by atoms with Crippen molar-refractivity contribution in [1.29, 1.82) is 0 Å². The van der Waals surface area contributed by atoms with Gasteiger partial charge in [0, 0.05) is 31.9 Å². The van der Waals surface area contributed by atoms with E-state index in [4.69, 9.17) is 0 Å². The molecule has 1 aliphatic heterocycles. The average molecular weight is 335 g/mol. The van der Waals surface area contributed by atoms with Gasteiger partial charge in [0.05, 0.1) is 12.3 Å². The lowest BCUT2D eigenvalue weighted by atomic mass is 10.2. The van der Waals surface area contributed by atoms with Crippen LogP contribution in [0, 0.1) is 0 Å². The molecule has 126 valence electrons. The number of benzene rings is 1. The summed E-state index contributed by atoms with van der Waals surface area (Å²) < 4.78 is 0. The summed E-state index contributed by atoms with van der Waals surface area (Å²) >= 11 is 1.60. The molecule has 1 fully saturated rings. The van der Waals surface area contributed by atoms with E-state index in [2.05, 4.69) is 29.3 Å². The number of nitrogens with zero attached hydrogens (tertiary/aromatic N) is 2. The summed E-state index contributed by atoms with van der Waals surface area (Å²) in [7, 11) is 0. The summed E-state index contributed by atoms with van der Waals surface area (Å²) in [6.07, 6.45) is 1.06. The first-order valence-corrected chi connectivity index (χ1v) is 9.28. The second kappa shape index (κ2) is 9.45. The number of carbonyl (C=O) groups is 2. The Balaban J connectivity index is 1.68. The van der Waals surface area contributed by atoms with Crippen LogP contribution in [0.1, 0.15) is 13.3 Å². The van der Waals surface area contributed by atoms with E-state index >= 15 is 0 Å². The normalized spacial score (nSPS) is 14.7. The maximum atomic E-state index is 12.2. The molecule has 6 heteroatoms. The highest BCUT2D eigenvalue weighted by atomic mass is 32.2. The van der Waals surface area contributed by atoms with E-state index in [1.165, 1.54) is 5.69 Å². The number of nitrogens with one attached hydrogen (secondary N) is 1. The largest absolute Gasteiger partial charge is 0.368 e. The van der Waals surface area contributed by atoms with E-state index in [-0.39, 0.29) is 18.4 Å². The van der Waals surface area contributed by atoms with Crippen molar-refractivity contribution in [3.63, 3.8) is 0 Å². The van der Waals surface area contributed by atoms with E-state index in [0.717, 1.165) is 25.3 Å². The quantitative estimate of drug-likeness (QED) is 0.769. The van der Waals surface area contributed by atoms with Gasteiger partial charge in [0.2, 0.25) is 11.8 Å². The molecule has 2 amide bonds. The molecule has 5 nitrogen and oxygen atoms in total. The average Bonchev–Trinajstić information content (AvgIpc) is 2.61. The Kier molecular flexibility index (Phi) is 7.26. The van der Waals surface area contributed by atoms with Crippen LogP contribution in [0.25, 0.3) is 0 Å². The summed E-state index contributed by atoms with van der Waals surface area (Å²) in [6, 6.07) is 10.2. The second-order valence-corrected chi connectivity index (χ2v) is 6.64. The second-order valence-electron chi connectivity index (χ2n) is 5.53. The molecule has 1 aromatic rings. The van der Waals surface area contributed by atoms with Crippen molar-refractivity contribution in [2.24, 2.45) is 0 Å². The van der Waals surface area contributed by atoms with Crippen molar-refractivity contribution in [3.8, 4) is 0 Å². The molecule has 1 N–H and O–H groups in total. The maximum Gasteiger partial charge on any atom is 0.242 e. The number of carbonyl (C=O) groups excluding carboxylic acids is 2. The number of hydrogen-bond donors (Lipinski definition) is 1. The molecule has 0 spiro atoms. The first-order chi connectivity index (χ1) is 11.2. The highest BCUT2D eigenvalue weighted by molar-refractivity contribution is 7.99. The minimum atomic E-state index is -0.0558. The molecule has 0 unspecified atom stereocenters. The smallest absolute Gasteiger partial charge is 0.242 e. The molecule has 1 aromatic carbocycles. The van der Waals surface area contributed by atoms with Gasteiger partial charge in [0.1, 0.15) is 0 Å². The van der Waals surface area contributed by atoms with E-state index in [1.807, 2.05) is 23.1 Å². The lowest BCUT2D eigenvalue weighted by molar-refractivity contribution is -0.132. The number of amides is 2. The lowest BCUT2D eigenvalue weighted by Crippen LogP contribution is -2.51. The number of rotatable bonds is 7. The molecule has 1 aliphatic rings. The zero-order chi connectivity index (χ0) is 16.5. The molecule has 0 radical (unpaired) electrons. The first kappa shape index (κ1) is 17.7. The van der Waals surface area contributed by atoms with E-state index in [9.17, 15) is 9.59 Å². The predicted octanol–water partition coefficient (Wildman–Crippen LogP) is 1.59. The van der Waals surface area contributed by atoms with Gasteiger partial charge in [-0.2, -0.15) is 11.8 Å². The third kappa shape index (κ3) is 5.78. The Morgan fingerprint density at radius 3 is 2.48 bits per heavy atom. The molecule has 1 heterocycles. The zero-order valence-electron chi connectivity index (χ0n) is 13.7. The third-order valence-corrected chi connectivity index (χ3v) is 4.94. The number of thioether (sulfide) groups is 1. The minimum absolute atomic E-state index is 0.00607. The molecule has 1 saturated heterocycles. The summed E-state index contributed by atoms with van der Waals surface area (Å²) in [5.74, 6) is 1.36. The molecule has 2 rings (SSSR count). The third-order valence-electron chi connectivity index (χ3n) is 3.77. The van der Waals surface area contributed by atoms with E-state index < -0.39 is 0 Å². The van der Waals surface area contributed by atoms with Crippen LogP contribution >= 0.6 is 11.8 Å². The van der Waals surface area contributed by atoms with Crippen LogP contribution in [0.3, 0.4) is 0 Å². The Labute approximate surface area is 142 Å². The number of piperazine rings is 1. The topological polar surface area (TPSA) is 52.7 Å². The Morgan fingerprint density at radius 1 is 1.13 bits per heavy atom. The van der Waals surface area contributed by atoms with Crippen LogP contribution in [-0.2, 0) is 9.59 Å². The van der Waals surface area contributed by atoms with Crippen LogP contribution in [0.15, 0.2) is 30.3 Å². The Morgan fingerprint density at radius 2 is 1.83 bits per heavy atom. The number of para-hydroxylation sites is 1. The van der Waals surface area contributed by atoms with Crippen molar-refractivity contribution in [1.82, 2.24) is 10.2 Å². The highest BCUT2D eigenvalue weighted by Gasteiger charge is 2.21. The van der Waals surface area contributed by atoms with Crippen molar-refractivity contribution in [2.75, 3.05) is 49.1 Å². The van der Waals surface area contributed by atoms with Crippen LogP contribution in [0.2, 0.25) is 0 Å². The Bertz CT molecular complexity index is 502. The fourth-order valence-corrected chi connectivity index (χ4v) is 3.22. The first-order valence-electron chi connectivity index (χ1n) is 8.13. The highest BCUT2D eigenvalue weighted by Crippen LogP contribution is 2.15. The summed E-state index contributed by atoms with van der Waals surface area (Å²) in [6.45, 7) is 5.26. The standard InChI is InChI=1S/C17H25N3O2S/c1-2-12-23-14-16(21)18-13-17(22)20-10-8-19(9-11-20)15-6-4-3-5-7-15/h3-7H,2,8-14H2,1H3,(H,18,21). The molecule has 0 aliphatic carbocycles. The van der Waals surface area contributed by atoms with Crippen LogP contribution in [0.4, 0.5) is 5.69 Å². The van der Waals surface area contributed by atoms with Gasteiger partial charge in [0.15, 0.2) is 0 Å². The van der Waals surface area contributed by atoms with Crippen molar-refractivity contribution >= 4 is 29.3 Å². The summed E-state index contributed by atoms with van der Waals surface area (Å²) in [4.78, 5) is 27.9. The van der Waals surface area contributed by atoms with Crippen molar-refractivity contribution in [2.45, 2.75) is 13.3 Å². The molecule has 0 aromatic heterocycles.